The summed E-state index contributed by atoms with van der Waals surface area (Å²) in [7, 11) is 0. The predicted molar refractivity (Wildman–Crippen MR) is 158 cm³/mol. The van der Waals surface area contributed by atoms with Crippen molar-refractivity contribution >= 4 is 85.6 Å². The summed E-state index contributed by atoms with van der Waals surface area (Å²) in [5.41, 5.74) is 7.92. The Kier molecular flexibility index (Phi) is 4.85. The van der Waals surface area contributed by atoms with Gasteiger partial charge in [0.2, 0.25) is 0 Å². The van der Waals surface area contributed by atoms with Crippen LogP contribution in [0.25, 0.3) is 27.5 Å². The normalized spacial score (nSPS) is 16.1. The van der Waals surface area contributed by atoms with E-state index in [1.54, 1.807) is 6.07 Å². The van der Waals surface area contributed by atoms with E-state index in [2.05, 4.69) is 38.0 Å². The van der Waals surface area contributed by atoms with Crippen LogP contribution in [0.1, 0.15) is 25.0 Å². The van der Waals surface area contributed by atoms with E-state index in [-0.39, 0.29) is 15.7 Å². The quantitative estimate of drug-likeness (QED) is 0.100. The molecule has 182 valence electrons. The van der Waals surface area contributed by atoms with Crippen molar-refractivity contribution in [1.82, 2.24) is 4.57 Å². The van der Waals surface area contributed by atoms with E-state index in [0.717, 1.165) is 22.1 Å². The molecule has 0 atom stereocenters. The fraction of sp³-hybridized carbons (Fsp3) is 0.111. The molecule has 7 rings (SSSR count). The summed E-state index contributed by atoms with van der Waals surface area (Å²) in [6.45, 7) is 4.32. The second-order valence-corrected chi connectivity index (χ2v) is 17.1. The van der Waals surface area contributed by atoms with Crippen LogP contribution in [-0.2, 0) is 5.41 Å². The van der Waals surface area contributed by atoms with Gasteiger partial charge >= 0.3 is 221 Å². The molecule has 0 unspecified atom stereocenters. The number of hydrogen-bond acceptors (Lipinski definition) is 1. The Morgan fingerprint density at radius 2 is 1.56 bits per heavy atom. The van der Waals surface area contributed by atoms with Crippen LogP contribution in [0, 0.1) is 3.57 Å². The monoisotopic (exact) mass is 712 g/mol. The maximum atomic E-state index is 15.4. The number of para-hydroxylation sites is 1. The van der Waals surface area contributed by atoms with Gasteiger partial charge in [-0.15, -0.1) is 0 Å². The van der Waals surface area contributed by atoms with Gasteiger partial charge in [0.05, 0.1) is 0 Å². The van der Waals surface area contributed by atoms with E-state index in [0.29, 0.717) is 16.3 Å². The van der Waals surface area contributed by atoms with Crippen molar-refractivity contribution in [1.29, 1.82) is 0 Å². The van der Waals surface area contributed by atoms with Gasteiger partial charge in [-0.05, 0) is 0 Å². The van der Waals surface area contributed by atoms with Crippen molar-refractivity contribution in [2.45, 2.75) is 19.3 Å². The summed E-state index contributed by atoms with van der Waals surface area (Å²) in [6, 6.07) is 25.2. The first-order chi connectivity index (χ1) is 17.2. The average Bonchev–Trinajstić information content (AvgIpc) is 3.19. The number of fused-ring (bicyclic) bond motifs is 7. The molecule has 2 aliphatic heterocycles. The zero-order valence-electron chi connectivity index (χ0n) is 19.2. The Hall–Kier alpha value is -2.28. The first kappa shape index (κ1) is 22.9. The fourth-order valence-corrected chi connectivity index (χ4v) is 12.4. The molecule has 0 spiro atoms. The van der Waals surface area contributed by atoms with Gasteiger partial charge in [-0.3, -0.25) is 0 Å². The van der Waals surface area contributed by atoms with Crippen LogP contribution in [0.3, 0.4) is 0 Å². The van der Waals surface area contributed by atoms with Crippen LogP contribution in [0.5, 0.6) is 0 Å². The molecule has 9 heteroatoms. The molecule has 2 aliphatic rings. The van der Waals surface area contributed by atoms with E-state index >= 15 is 5.72 Å². The molecule has 0 radical (unpaired) electrons. The van der Waals surface area contributed by atoms with Crippen molar-refractivity contribution in [2.24, 2.45) is 1.36 Å². The van der Waals surface area contributed by atoms with Crippen LogP contribution < -0.4 is 16.4 Å². The minimum absolute atomic E-state index is 0.128. The molecule has 2 nitrogen and oxygen atoms in total. The van der Waals surface area contributed by atoms with Crippen LogP contribution in [0.4, 0.5) is 11.4 Å². The number of nitrogens with zero attached hydrogens (tertiary/aromatic N) is 2. The fourth-order valence-electron chi connectivity index (χ4n) is 6.39. The van der Waals surface area contributed by atoms with Crippen LogP contribution in [0.2, 0.25) is 0 Å². The molecule has 3 heterocycles. The number of benzene rings is 4. The van der Waals surface area contributed by atoms with Crippen LogP contribution in [0.15, 0.2) is 80.2 Å². The zero-order chi connectivity index (χ0) is 25.0. The van der Waals surface area contributed by atoms with Crippen molar-refractivity contribution < 1.29 is 11.4 Å². The summed E-state index contributed by atoms with van der Waals surface area (Å²) in [6.07, 6.45) is 0. The van der Waals surface area contributed by atoms with Crippen molar-refractivity contribution in [3.8, 4) is 5.69 Å². The van der Waals surface area contributed by atoms with E-state index in [1.807, 2.05) is 48.5 Å². The Bertz CT molecular complexity index is 1810. The summed E-state index contributed by atoms with van der Waals surface area (Å²) in [5.74, 6) is 0. The summed E-state index contributed by atoms with van der Waals surface area (Å²) in [5, 5.41) is 1.04. The summed E-state index contributed by atoms with van der Waals surface area (Å²) < 4.78 is 61.9. The van der Waals surface area contributed by atoms with Crippen LogP contribution >= 0.6 is 40.6 Å². The third-order valence-electron chi connectivity index (χ3n) is 7.71. The molecule has 36 heavy (non-hydrogen) atoms. The van der Waals surface area contributed by atoms with E-state index < -0.39 is 40.6 Å². The molecule has 5 aromatic rings. The second kappa shape index (κ2) is 7.62. The third kappa shape index (κ3) is 2.89. The maximum absolute atomic E-state index is 15.4. The number of hydrogen-bond donors (Lipinski definition) is 0. The molecule has 1 aromatic heterocycles. The van der Waals surface area contributed by atoms with Gasteiger partial charge in [-0.2, -0.15) is 0 Å². The summed E-state index contributed by atoms with van der Waals surface area (Å²) >= 11 is -11.2. The van der Waals surface area contributed by atoms with Gasteiger partial charge in [-0.1, -0.05) is 0 Å². The van der Waals surface area contributed by atoms with E-state index in [1.165, 1.54) is 22.7 Å². The predicted octanol–water partition coefficient (Wildman–Crippen LogP) is 7.61. The molecule has 0 amide bonds. The first-order valence-corrected chi connectivity index (χ1v) is 17.7. The molecule has 0 fully saturated rings. The topological polar surface area (TPSA) is 17.3 Å². The standard InChI is InChI=1S/C27H19BF4I2N2/c1-27(2)17-9-4-5-11-19(17)28-20-14-15-21(34(31,32)35-33(29)30)24-16-8-3-6-12-22(16)36(26(20)24)23-13-7-10-18(27)25(23)28/h3-15H,1-2H3. The molecular weight excluding hydrogens is 693 g/mol. The molecular formula is C27H19BF4I2N2. The van der Waals surface area contributed by atoms with Gasteiger partial charge in [-0.25, -0.2) is 0 Å². The number of halogens is 6. The Morgan fingerprint density at radius 1 is 0.833 bits per heavy atom. The van der Waals surface area contributed by atoms with Gasteiger partial charge < -0.3 is 0 Å². The number of rotatable bonds is 2. The number of aromatic nitrogens is 1. The zero-order valence-corrected chi connectivity index (χ0v) is 23.6. The second-order valence-electron chi connectivity index (χ2n) is 9.75. The molecule has 0 N–H and O–H groups in total. The van der Waals surface area contributed by atoms with Gasteiger partial charge in [0, 0.05) is 0 Å². The average molecular weight is 712 g/mol. The molecule has 0 bridgehead atoms. The van der Waals surface area contributed by atoms with E-state index in [4.69, 9.17) is 0 Å². The van der Waals surface area contributed by atoms with Crippen molar-refractivity contribution in [3.05, 3.63) is 93.6 Å². The van der Waals surface area contributed by atoms with Gasteiger partial charge in [0.1, 0.15) is 0 Å². The Balaban J connectivity index is 1.72. The van der Waals surface area contributed by atoms with Crippen molar-refractivity contribution in [3.63, 3.8) is 0 Å². The molecule has 0 saturated heterocycles. The van der Waals surface area contributed by atoms with E-state index in [9.17, 15) is 5.72 Å². The van der Waals surface area contributed by atoms with Crippen LogP contribution in [-0.4, -0.2) is 11.3 Å². The molecule has 4 aromatic carbocycles. The third-order valence-corrected chi connectivity index (χ3v) is 15.7. The summed E-state index contributed by atoms with van der Waals surface area (Å²) in [4.78, 5) is 0. The molecule has 0 aliphatic carbocycles. The minimum atomic E-state index is -6.22. The first-order valence-electron chi connectivity index (χ1n) is 11.4. The Labute approximate surface area is 220 Å². The van der Waals surface area contributed by atoms with Gasteiger partial charge in [0.15, 0.2) is 0 Å². The Morgan fingerprint density at radius 3 is 2.36 bits per heavy atom. The van der Waals surface area contributed by atoms with Crippen molar-refractivity contribution in [2.75, 3.05) is 0 Å². The van der Waals surface area contributed by atoms with Gasteiger partial charge in [0.25, 0.3) is 0 Å². The molecule has 0 saturated carbocycles. The SMILES string of the molecule is CC1(C)c2ccccc2B2c3c(cccc31)-n1c3ccccc3c3c(I(F)(F)=NI(F)F)ccc2c31.